The second kappa shape index (κ2) is 4.89. The summed E-state index contributed by atoms with van der Waals surface area (Å²) in [5.74, 6) is -0.389. The van der Waals surface area contributed by atoms with E-state index in [1.807, 2.05) is 35.9 Å². The number of aryl methyl sites for hydroxylation is 1. The van der Waals surface area contributed by atoms with Crippen molar-refractivity contribution in [3.8, 4) is 0 Å². The van der Waals surface area contributed by atoms with E-state index in [2.05, 4.69) is 0 Å². The molecule has 1 aliphatic heterocycles. The Kier molecular flexibility index (Phi) is 3.06. The maximum Gasteiger partial charge on any atom is 0.261 e. The predicted octanol–water partition coefficient (Wildman–Crippen LogP) is 1.58. The predicted molar refractivity (Wildman–Crippen MR) is 73.2 cm³/mol. The maximum atomic E-state index is 12.2. The average Bonchev–Trinajstić information content (AvgIpc) is 2.71. The molecule has 2 aromatic rings. The maximum absolute atomic E-state index is 12.2. The van der Waals surface area contributed by atoms with Gasteiger partial charge in [-0.1, -0.05) is 18.2 Å². The number of pyridine rings is 1. The summed E-state index contributed by atoms with van der Waals surface area (Å²) >= 11 is 0. The third-order valence-electron chi connectivity index (χ3n) is 3.61. The van der Waals surface area contributed by atoms with Crippen LogP contribution in [0.15, 0.2) is 48.7 Å². The third-order valence-corrected chi connectivity index (χ3v) is 3.61. The van der Waals surface area contributed by atoms with Crippen molar-refractivity contribution in [1.82, 2.24) is 4.90 Å². The molecule has 3 rings (SSSR count). The number of aromatic nitrogens is 1. The average molecular weight is 267 g/mol. The number of hydrogen-bond acceptors (Lipinski definition) is 2. The van der Waals surface area contributed by atoms with Crippen LogP contribution in [0, 0.1) is 6.92 Å². The number of imide groups is 1. The van der Waals surface area contributed by atoms with Crippen LogP contribution in [0.3, 0.4) is 0 Å². The molecule has 4 nitrogen and oxygen atoms in total. The Balaban J connectivity index is 1.79. The van der Waals surface area contributed by atoms with E-state index >= 15 is 0 Å². The van der Waals surface area contributed by atoms with Crippen LogP contribution in [0.25, 0.3) is 0 Å². The second-order valence-electron chi connectivity index (χ2n) is 4.84. The number of rotatable bonds is 3. The Labute approximate surface area is 117 Å². The molecule has 20 heavy (non-hydrogen) atoms. The zero-order chi connectivity index (χ0) is 14.1. The highest BCUT2D eigenvalue weighted by Gasteiger charge is 2.35. The van der Waals surface area contributed by atoms with E-state index in [0.717, 1.165) is 5.69 Å². The monoisotopic (exact) mass is 267 g/mol. The third kappa shape index (κ3) is 1.99. The molecule has 0 unspecified atom stereocenters. The van der Waals surface area contributed by atoms with Crippen molar-refractivity contribution < 1.29 is 14.2 Å². The van der Waals surface area contributed by atoms with E-state index in [9.17, 15) is 9.59 Å². The van der Waals surface area contributed by atoms with Gasteiger partial charge < -0.3 is 0 Å². The number of fused-ring (bicyclic) bond motifs is 1. The number of nitrogens with zero attached hydrogens (tertiary/aromatic N) is 2. The van der Waals surface area contributed by atoms with Crippen LogP contribution < -0.4 is 4.57 Å². The summed E-state index contributed by atoms with van der Waals surface area (Å²) in [6.45, 7) is 3.00. The van der Waals surface area contributed by atoms with Gasteiger partial charge in [-0.15, -0.1) is 0 Å². The van der Waals surface area contributed by atoms with Gasteiger partial charge in [0.15, 0.2) is 18.4 Å². The van der Waals surface area contributed by atoms with Crippen LogP contribution in [0.2, 0.25) is 0 Å². The Morgan fingerprint density at radius 2 is 1.55 bits per heavy atom. The first-order valence-corrected chi connectivity index (χ1v) is 6.59. The van der Waals surface area contributed by atoms with Crippen LogP contribution >= 0.6 is 0 Å². The number of amides is 2. The van der Waals surface area contributed by atoms with E-state index in [1.165, 1.54) is 4.90 Å². The fourth-order valence-corrected chi connectivity index (χ4v) is 2.46. The molecule has 2 heterocycles. The van der Waals surface area contributed by atoms with Gasteiger partial charge in [0.2, 0.25) is 0 Å². The van der Waals surface area contributed by atoms with Crippen LogP contribution in [-0.2, 0) is 6.54 Å². The SMILES string of the molecule is Cc1cccc[n+]1CCN1C(=O)c2ccccc2C1=O. The second-order valence-corrected chi connectivity index (χ2v) is 4.84. The molecular formula is C16H15N2O2+. The molecule has 0 N–H and O–H groups in total. The van der Waals surface area contributed by atoms with Gasteiger partial charge in [-0.25, -0.2) is 4.57 Å². The topological polar surface area (TPSA) is 41.3 Å². The minimum atomic E-state index is -0.195. The van der Waals surface area contributed by atoms with Crippen molar-refractivity contribution in [1.29, 1.82) is 0 Å². The molecule has 1 aliphatic rings. The van der Waals surface area contributed by atoms with Gasteiger partial charge in [-0.05, 0) is 12.1 Å². The van der Waals surface area contributed by atoms with E-state index in [-0.39, 0.29) is 11.8 Å². The van der Waals surface area contributed by atoms with Gasteiger partial charge >= 0.3 is 0 Å². The molecule has 1 aromatic carbocycles. The zero-order valence-corrected chi connectivity index (χ0v) is 11.2. The first-order chi connectivity index (χ1) is 9.68. The van der Waals surface area contributed by atoms with E-state index in [4.69, 9.17) is 0 Å². The van der Waals surface area contributed by atoms with Gasteiger partial charge in [-0.3, -0.25) is 14.5 Å². The molecule has 1 aromatic heterocycles. The molecule has 100 valence electrons. The summed E-state index contributed by atoms with van der Waals surface area (Å²) < 4.78 is 2.03. The van der Waals surface area contributed by atoms with Crippen molar-refractivity contribution in [3.05, 3.63) is 65.5 Å². The largest absolute Gasteiger partial charge is 0.269 e. The quantitative estimate of drug-likeness (QED) is 0.626. The summed E-state index contributed by atoms with van der Waals surface area (Å²) in [6.07, 6.45) is 1.95. The van der Waals surface area contributed by atoms with Gasteiger partial charge in [-0.2, -0.15) is 0 Å². The smallest absolute Gasteiger partial charge is 0.261 e. The number of carbonyl (C=O) groups excluding carboxylic acids is 2. The van der Waals surface area contributed by atoms with Gasteiger partial charge in [0.25, 0.3) is 11.8 Å². The highest BCUT2D eigenvalue weighted by Crippen LogP contribution is 2.21. The van der Waals surface area contributed by atoms with E-state index < -0.39 is 0 Å². The minimum absolute atomic E-state index is 0.195. The minimum Gasteiger partial charge on any atom is -0.269 e. The van der Waals surface area contributed by atoms with Crippen molar-refractivity contribution in [2.24, 2.45) is 0 Å². The van der Waals surface area contributed by atoms with Crippen LogP contribution in [0.1, 0.15) is 26.4 Å². The summed E-state index contributed by atoms with van der Waals surface area (Å²) in [5, 5.41) is 0. The summed E-state index contributed by atoms with van der Waals surface area (Å²) in [6, 6.07) is 12.9. The zero-order valence-electron chi connectivity index (χ0n) is 11.2. The van der Waals surface area contributed by atoms with E-state index in [1.54, 1.807) is 24.3 Å². The molecule has 4 heteroatoms. The molecule has 0 bridgehead atoms. The lowest BCUT2D eigenvalue weighted by atomic mass is 10.1. The van der Waals surface area contributed by atoms with Crippen LogP contribution in [0.5, 0.6) is 0 Å². The lowest BCUT2D eigenvalue weighted by Crippen LogP contribution is -2.44. The molecular weight excluding hydrogens is 252 g/mol. The number of benzene rings is 1. The lowest BCUT2D eigenvalue weighted by molar-refractivity contribution is -0.701. The van der Waals surface area contributed by atoms with Gasteiger partial charge in [0.05, 0.1) is 17.7 Å². The van der Waals surface area contributed by atoms with Gasteiger partial charge in [0.1, 0.15) is 0 Å². The Hall–Kier alpha value is -2.49. The fraction of sp³-hybridized carbons (Fsp3) is 0.188. The highest BCUT2D eigenvalue weighted by atomic mass is 16.2. The Morgan fingerprint density at radius 1 is 0.950 bits per heavy atom. The molecule has 0 atom stereocenters. The van der Waals surface area contributed by atoms with Gasteiger partial charge in [0, 0.05) is 19.1 Å². The molecule has 0 saturated carbocycles. The summed E-state index contributed by atoms with van der Waals surface area (Å²) in [7, 11) is 0. The molecule has 0 aliphatic carbocycles. The van der Waals surface area contributed by atoms with Crippen molar-refractivity contribution in [2.75, 3.05) is 6.54 Å². The number of hydrogen-bond donors (Lipinski definition) is 0. The summed E-state index contributed by atoms with van der Waals surface area (Å²) in [4.78, 5) is 25.7. The standard InChI is InChI=1S/C16H15N2O2/c1-12-6-4-5-9-17(12)10-11-18-15(19)13-7-2-3-8-14(13)16(18)20/h2-9H,10-11H2,1H3/q+1. The van der Waals surface area contributed by atoms with Crippen molar-refractivity contribution in [3.63, 3.8) is 0 Å². The molecule has 2 amide bonds. The highest BCUT2D eigenvalue weighted by molar-refractivity contribution is 6.21. The van der Waals surface area contributed by atoms with E-state index in [0.29, 0.717) is 24.2 Å². The first kappa shape index (κ1) is 12.5. The fourth-order valence-electron chi connectivity index (χ4n) is 2.46. The lowest BCUT2D eigenvalue weighted by Gasteiger charge is -2.11. The molecule has 0 fully saturated rings. The normalized spacial score (nSPS) is 13.8. The molecule has 0 saturated heterocycles. The first-order valence-electron chi connectivity index (χ1n) is 6.59. The number of carbonyl (C=O) groups is 2. The Bertz CT molecular complexity index is 659. The van der Waals surface area contributed by atoms with Crippen LogP contribution in [-0.4, -0.2) is 23.3 Å². The summed E-state index contributed by atoms with van der Waals surface area (Å²) in [5.41, 5.74) is 2.11. The van der Waals surface area contributed by atoms with Crippen molar-refractivity contribution >= 4 is 11.8 Å². The molecule has 0 spiro atoms. The molecule has 0 radical (unpaired) electrons. The Morgan fingerprint density at radius 3 is 2.15 bits per heavy atom. The van der Waals surface area contributed by atoms with Crippen LogP contribution in [0.4, 0.5) is 0 Å². The van der Waals surface area contributed by atoms with Crippen molar-refractivity contribution in [2.45, 2.75) is 13.5 Å².